The summed E-state index contributed by atoms with van der Waals surface area (Å²) in [5.74, 6) is 1.24. The second-order valence-electron chi connectivity index (χ2n) is 6.71. The van der Waals surface area contributed by atoms with Crippen molar-refractivity contribution in [2.24, 2.45) is 0 Å². The van der Waals surface area contributed by atoms with Crippen molar-refractivity contribution in [3.63, 3.8) is 0 Å². The molecule has 0 saturated heterocycles. The summed E-state index contributed by atoms with van der Waals surface area (Å²) < 4.78 is 11.2. The molecule has 148 valence electrons. The van der Waals surface area contributed by atoms with Crippen LogP contribution in [0.4, 0.5) is 5.69 Å². The molecule has 6 nitrogen and oxygen atoms in total. The fourth-order valence-electron chi connectivity index (χ4n) is 2.68. The predicted octanol–water partition coefficient (Wildman–Crippen LogP) is 3.78. The highest BCUT2D eigenvalue weighted by Crippen LogP contribution is 2.26. The minimum Gasteiger partial charge on any atom is -0.490 e. The SMILES string of the molecule is CCOc1ccccc1OCCCC(=O)Nc1ccc(C(=O)NC2CC2)cc1. The van der Waals surface area contributed by atoms with Gasteiger partial charge in [-0.15, -0.1) is 0 Å². The first kappa shape index (κ1) is 19.7. The molecule has 2 aromatic rings. The van der Waals surface area contributed by atoms with Crippen LogP contribution in [0.1, 0.15) is 43.0 Å². The number of anilines is 1. The van der Waals surface area contributed by atoms with Gasteiger partial charge in [0, 0.05) is 23.7 Å². The molecule has 0 aliphatic heterocycles. The summed E-state index contributed by atoms with van der Waals surface area (Å²) in [6, 6.07) is 14.8. The van der Waals surface area contributed by atoms with Crippen molar-refractivity contribution < 1.29 is 19.1 Å². The van der Waals surface area contributed by atoms with Gasteiger partial charge in [-0.1, -0.05) is 12.1 Å². The van der Waals surface area contributed by atoms with Crippen molar-refractivity contribution in [1.29, 1.82) is 0 Å². The fourth-order valence-corrected chi connectivity index (χ4v) is 2.68. The topological polar surface area (TPSA) is 76.7 Å². The van der Waals surface area contributed by atoms with Crippen LogP contribution >= 0.6 is 0 Å². The molecule has 0 bridgehead atoms. The number of para-hydroxylation sites is 2. The summed E-state index contributed by atoms with van der Waals surface area (Å²) >= 11 is 0. The minimum absolute atomic E-state index is 0.0649. The molecular formula is C22H26N2O4. The Labute approximate surface area is 165 Å². The van der Waals surface area contributed by atoms with Crippen molar-refractivity contribution in [3.8, 4) is 11.5 Å². The van der Waals surface area contributed by atoms with Gasteiger partial charge in [0.2, 0.25) is 5.91 Å². The quantitative estimate of drug-likeness (QED) is 0.613. The molecule has 28 heavy (non-hydrogen) atoms. The maximum atomic E-state index is 12.1. The number of ether oxygens (including phenoxy) is 2. The van der Waals surface area contributed by atoms with E-state index in [1.807, 2.05) is 31.2 Å². The van der Waals surface area contributed by atoms with E-state index in [9.17, 15) is 9.59 Å². The molecule has 3 rings (SSSR count). The van der Waals surface area contributed by atoms with Gasteiger partial charge in [-0.2, -0.15) is 0 Å². The average molecular weight is 382 g/mol. The van der Waals surface area contributed by atoms with Gasteiger partial charge in [-0.05, 0) is 62.6 Å². The van der Waals surface area contributed by atoms with Gasteiger partial charge in [-0.3, -0.25) is 9.59 Å². The molecule has 0 heterocycles. The van der Waals surface area contributed by atoms with Crippen molar-refractivity contribution in [2.75, 3.05) is 18.5 Å². The number of benzene rings is 2. The van der Waals surface area contributed by atoms with Crippen LogP contribution < -0.4 is 20.1 Å². The highest BCUT2D eigenvalue weighted by molar-refractivity contribution is 5.96. The van der Waals surface area contributed by atoms with Crippen molar-refractivity contribution in [3.05, 3.63) is 54.1 Å². The summed E-state index contributed by atoms with van der Waals surface area (Å²) in [7, 11) is 0. The van der Waals surface area contributed by atoms with Crippen LogP contribution in [-0.4, -0.2) is 31.1 Å². The number of rotatable bonds is 10. The maximum absolute atomic E-state index is 12.1. The number of carbonyl (C=O) groups excluding carboxylic acids is 2. The third-order valence-electron chi connectivity index (χ3n) is 4.30. The normalized spacial score (nSPS) is 12.9. The lowest BCUT2D eigenvalue weighted by Crippen LogP contribution is -2.25. The van der Waals surface area contributed by atoms with Crippen LogP contribution in [0.25, 0.3) is 0 Å². The summed E-state index contributed by atoms with van der Waals surface area (Å²) in [5, 5.41) is 5.78. The molecule has 0 atom stereocenters. The molecule has 1 saturated carbocycles. The Morgan fingerprint density at radius 2 is 1.68 bits per heavy atom. The van der Waals surface area contributed by atoms with Crippen LogP contribution in [0.3, 0.4) is 0 Å². The molecule has 1 aliphatic rings. The number of hydrogen-bond donors (Lipinski definition) is 2. The van der Waals surface area contributed by atoms with E-state index in [2.05, 4.69) is 10.6 Å². The van der Waals surface area contributed by atoms with E-state index < -0.39 is 0 Å². The predicted molar refractivity (Wildman–Crippen MR) is 108 cm³/mol. The standard InChI is InChI=1S/C22H26N2O4/c1-2-27-19-6-3-4-7-20(19)28-15-5-8-21(25)23-17-11-9-16(10-12-17)22(26)24-18-13-14-18/h3-4,6-7,9-12,18H,2,5,8,13-15H2,1H3,(H,23,25)(H,24,26). The lowest BCUT2D eigenvalue weighted by Gasteiger charge is -2.11. The fraction of sp³-hybridized carbons (Fsp3) is 0.364. The van der Waals surface area contributed by atoms with E-state index in [4.69, 9.17) is 9.47 Å². The molecule has 0 spiro atoms. The van der Waals surface area contributed by atoms with E-state index in [-0.39, 0.29) is 11.8 Å². The Morgan fingerprint density at radius 1 is 1.00 bits per heavy atom. The van der Waals surface area contributed by atoms with Crippen LogP contribution in [0.5, 0.6) is 11.5 Å². The molecule has 0 radical (unpaired) electrons. The minimum atomic E-state index is -0.0862. The van der Waals surface area contributed by atoms with Crippen LogP contribution in [0.15, 0.2) is 48.5 Å². The molecule has 0 unspecified atom stereocenters. The number of amides is 2. The Bertz CT molecular complexity index is 800. The summed E-state index contributed by atoms with van der Waals surface area (Å²) in [6.45, 7) is 2.93. The van der Waals surface area contributed by atoms with Crippen LogP contribution in [0, 0.1) is 0 Å². The monoisotopic (exact) mass is 382 g/mol. The largest absolute Gasteiger partial charge is 0.490 e. The lowest BCUT2D eigenvalue weighted by molar-refractivity contribution is -0.116. The molecule has 1 fully saturated rings. The smallest absolute Gasteiger partial charge is 0.251 e. The molecule has 2 N–H and O–H groups in total. The Morgan fingerprint density at radius 3 is 2.32 bits per heavy atom. The number of carbonyl (C=O) groups is 2. The lowest BCUT2D eigenvalue weighted by atomic mass is 10.2. The average Bonchev–Trinajstić information content (AvgIpc) is 3.51. The molecule has 2 aromatic carbocycles. The van der Waals surface area contributed by atoms with E-state index in [0.29, 0.717) is 54.8 Å². The number of nitrogens with one attached hydrogen (secondary N) is 2. The van der Waals surface area contributed by atoms with Crippen LogP contribution in [0.2, 0.25) is 0 Å². The summed E-state index contributed by atoms with van der Waals surface area (Å²) in [6.07, 6.45) is 3.05. The molecule has 6 heteroatoms. The second kappa shape index (κ2) is 9.78. The molecule has 0 aromatic heterocycles. The van der Waals surface area contributed by atoms with Crippen molar-refractivity contribution >= 4 is 17.5 Å². The Balaban J connectivity index is 1.39. The first-order chi connectivity index (χ1) is 13.7. The van der Waals surface area contributed by atoms with Crippen molar-refractivity contribution in [1.82, 2.24) is 5.32 Å². The van der Waals surface area contributed by atoms with Gasteiger partial charge >= 0.3 is 0 Å². The van der Waals surface area contributed by atoms with Gasteiger partial charge in [0.05, 0.1) is 13.2 Å². The Hall–Kier alpha value is -3.02. The Kier molecular flexibility index (Phi) is 6.89. The zero-order valence-corrected chi connectivity index (χ0v) is 16.1. The molecule has 1 aliphatic carbocycles. The first-order valence-corrected chi connectivity index (χ1v) is 9.71. The summed E-state index contributed by atoms with van der Waals surface area (Å²) in [4.78, 5) is 24.1. The zero-order valence-electron chi connectivity index (χ0n) is 16.1. The second-order valence-corrected chi connectivity index (χ2v) is 6.71. The maximum Gasteiger partial charge on any atom is 0.251 e. The van der Waals surface area contributed by atoms with Gasteiger partial charge in [-0.25, -0.2) is 0 Å². The van der Waals surface area contributed by atoms with E-state index in [0.717, 1.165) is 12.8 Å². The third kappa shape index (κ3) is 6.01. The zero-order chi connectivity index (χ0) is 19.8. The first-order valence-electron chi connectivity index (χ1n) is 9.71. The van der Waals surface area contributed by atoms with E-state index in [1.54, 1.807) is 24.3 Å². The van der Waals surface area contributed by atoms with Gasteiger partial charge in [0.15, 0.2) is 11.5 Å². The van der Waals surface area contributed by atoms with Gasteiger partial charge in [0.25, 0.3) is 5.91 Å². The van der Waals surface area contributed by atoms with Crippen molar-refractivity contribution in [2.45, 2.75) is 38.6 Å². The summed E-state index contributed by atoms with van der Waals surface area (Å²) in [5.41, 5.74) is 1.28. The van der Waals surface area contributed by atoms with Crippen LogP contribution in [-0.2, 0) is 4.79 Å². The molecule has 2 amide bonds. The van der Waals surface area contributed by atoms with Gasteiger partial charge in [0.1, 0.15) is 0 Å². The van der Waals surface area contributed by atoms with E-state index >= 15 is 0 Å². The highest BCUT2D eigenvalue weighted by Gasteiger charge is 2.23. The number of hydrogen-bond acceptors (Lipinski definition) is 4. The van der Waals surface area contributed by atoms with Gasteiger partial charge < -0.3 is 20.1 Å². The van der Waals surface area contributed by atoms with E-state index in [1.165, 1.54) is 0 Å². The highest BCUT2D eigenvalue weighted by atomic mass is 16.5. The molecular weight excluding hydrogens is 356 g/mol. The third-order valence-corrected chi connectivity index (χ3v) is 4.30.